The van der Waals surface area contributed by atoms with Crippen molar-refractivity contribution in [3.8, 4) is 5.75 Å². The van der Waals surface area contributed by atoms with Crippen LogP contribution in [0.15, 0.2) is 54.3 Å². The number of rotatable bonds is 8. The first kappa shape index (κ1) is 21.0. The zero-order valence-electron chi connectivity index (χ0n) is 15.5. The lowest BCUT2D eigenvalue weighted by molar-refractivity contribution is -0.383. The first-order valence-corrected chi connectivity index (χ1v) is 8.53. The highest BCUT2D eigenvalue weighted by atomic mass is 35.5. The number of ether oxygens (including phenoxy) is 3. The fourth-order valence-corrected chi connectivity index (χ4v) is 2.48. The Hall–Kier alpha value is -3.26. The van der Waals surface area contributed by atoms with Crippen LogP contribution in [-0.4, -0.2) is 31.2 Å². The molecule has 0 heterocycles. The van der Waals surface area contributed by atoms with Crippen LogP contribution < -0.4 is 10.1 Å². The lowest BCUT2D eigenvalue weighted by Gasteiger charge is -2.17. The first-order chi connectivity index (χ1) is 13.3. The topological polar surface area (TPSA) is 99.9 Å². The van der Waals surface area contributed by atoms with Crippen molar-refractivity contribution in [1.82, 2.24) is 0 Å². The number of nitro groups is 1. The molecule has 0 fully saturated rings. The molecule has 0 aliphatic carbocycles. The maximum absolute atomic E-state index is 11.4. The van der Waals surface area contributed by atoms with E-state index in [-0.39, 0.29) is 10.7 Å². The zero-order valence-corrected chi connectivity index (χ0v) is 16.2. The summed E-state index contributed by atoms with van der Waals surface area (Å²) in [5, 5.41) is 14.4. The van der Waals surface area contributed by atoms with E-state index >= 15 is 0 Å². The van der Waals surface area contributed by atoms with Gasteiger partial charge in [-0.05, 0) is 43.3 Å². The molecule has 1 atom stereocenters. The molecule has 1 unspecified atom stereocenters. The van der Waals surface area contributed by atoms with Crippen molar-refractivity contribution in [2.75, 3.05) is 19.5 Å². The molecule has 0 aliphatic heterocycles. The molecular formula is C19H19ClN2O6. The molecule has 1 N–H and O–H groups in total. The van der Waals surface area contributed by atoms with E-state index in [9.17, 15) is 14.9 Å². The van der Waals surface area contributed by atoms with Gasteiger partial charge in [-0.1, -0.05) is 11.6 Å². The smallest absolute Gasteiger partial charge is 0.334 e. The van der Waals surface area contributed by atoms with E-state index in [1.54, 1.807) is 37.3 Å². The summed E-state index contributed by atoms with van der Waals surface area (Å²) in [5.74, 6) is 0.290. The summed E-state index contributed by atoms with van der Waals surface area (Å²) in [5.41, 5.74) is 0.820. The molecule has 2 aromatic carbocycles. The Bertz CT molecular complexity index is 882. The molecule has 0 radical (unpaired) electrons. The van der Waals surface area contributed by atoms with Gasteiger partial charge in [0.25, 0.3) is 5.69 Å². The second-order valence-electron chi connectivity index (χ2n) is 5.60. The second-order valence-corrected chi connectivity index (χ2v) is 6.04. The standard InChI is InChI=1S/C19H19ClN2O6/c1-12(18(26-2)11-19(23)27-3)28-15-7-5-14(6-8-15)21-16-9-4-13(20)10-17(16)22(24)25/h4-12,21H,1-3H3/b18-11-. The highest BCUT2D eigenvalue weighted by Crippen LogP contribution is 2.31. The molecule has 2 aromatic rings. The monoisotopic (exact) mass is 406 g/mol. The SMILES string of the molecule is COC(=O)/C=C(\OC)C(C)Oc1ccc(Nc2ccc(Cl)cc2[N+](=O)[O-])cc1. The molecule has 0 saturated carbocycles. The molecule has 0 amide bonds. The van der Waals surface area contributed by atoms with Gasteiger partial charge in [-0.25, -0.2) is 4.79 Å². The fraction of sp³-hybridized carbons (Fsp3) is 0.211. The van der Waals surface area contributed by atoms with Crippen molar-refractivity contribution < 1.29 is 23.9 Å². The second kappa shape index (κ2) is 9.61. The number of anilines is 2. The number of benzene rings is 2. The van der Waals surface area contributed by atoms with Gasteiger partial charge in [-0.15, -0.1) is 0 Å². The molecule has 148 valence electrons. The van der Waals surface area contributed by atoms with E-state index < -0.39 is 17.0 Å². The number of nitro benzene ring substituents is 1. The van der Waals surface area contributed by atoms with Crippen molar-refractivity contribution in [1.29, 1.82) is 0 Å². The summed E-state index contributed by atoms with van der Waals surface area (Å²) in [6, 6.07) is 11.2. The number of methoxy groups -OCH3 is 2. The van der Waals surface area contributed by atoms with Crippen LogP contribution in [0.5, 0.6) is 5.75 Å². The van der Waals surface area contributed by atoms with Crippen LogP contribution in [-0.2, 0) is 14.3 Å². The molecule has 0 aromatic heterocycles. The third kappa shape index (κ3) is 5.62. The van der Waals surface area contributed by atoms with Crippen LogP contribution in [0.25, 0.3) is 0 Å². The molecule has 0 bridgehead atoms. The molecule has 0 spiro atoms. The van der Waals surface area contributed by atoms with E-state index in [0.717, 1.165) is 0 Å². The Morgan fingerprint density at radius 2 is 1.86 bits per heavy atom. The van der Waals surface area contributed by atoms with Gasteiger partial charge in [0, 0.05) is 16.8 Å². The Kier molecular flexibility index (Phi) is 7.22. The van der Waals surface area contributed by atoms with Crippen LogP contribution in [0, 0.1) is 10.1 Å². The average molecular weight is 407 g/mol. The third-order valence-corrected chi connectivity index (χ3v) is 3.94. The maximum atomic E-state index is 11.4. The summed E-state index contributed by atoms with van der Waals surface area (Å²) in [6.07, 6.45) is 0.681. The minimum absolute atomic E-state index is 0.126. The van der Waals surface area contributed by atoms with Crippen LogP contribution in [0.2, 0.25) is 5.02 Å². The molecule has 0 aliphatic rings. The quantitative estimate of drug-likeness (QED) is 0.227. The lowest BCUT2D eigenvalue weighted by atomic mass is 10.2. The highest BCUT2D eigenvalue weighted by Gasteiger charge is 2.16. The number of esters is 1. The summed E-state index contributed by atoms with van der Waals surface area (Å²) in [7, 11) is 2.70. The lowest BCUT2D eigenvalue weighted by Crippen LogP contribution is -2.17. The van der Waals surface area contributed by atoms with E-state index in [1.165, 1.54) is 32.4 Å². The van der Waals surface area contributed by atoms with Crippen molar-refractivity contribution in [2.45, 2.75) is 13.0 Å². The van der Waals surface area contributed by atoms with Gasteiger partial charge in [0.1, 0.15) is 17.2 Å². The summed E-state index contributed by atoms with van der Waals surface area (Å²) in [4.78, 5) is 22.0. The van der Waals surface area contributed by atoms with Crippen LogP contribution in [0.4, 0.5) is 17.1 Å². The number of hydrogen-bond acceptors (Lipinski definition) is 7. The van der Waals surface area contributed by atoms with E-state index in [1.807, 2.05) is 0 Å². The van der Waals surface area contributed by atoms with Gasteiger partial charge < -0.3 is 19.5 Å². The Balaban J connectivity index is 2.11. The molecular weight excluding hydrogens is 388 g/mol. The van der Waals surface area contributed by atoms with Gasteiger partial charge >= 0.3 is 5.97 Å². The summed E-state index contributed by atoms with van der Waals surface area (Å²) >= 11 is 5.82. The predicted octanol–water partition coefficient (Wildman–Crippen LogP) is 4.46. The van der Waals surface area contributed by atoms with E-state index in [2.05, 4.69) is 10.1 Å². The van der Waals surface area contributed by atoms with E-state index in [0.29, 0.717) is 22.9 Å². The Morgan fingerprint density at radius 1 is 1.18 bits per heavy atom. The predicted molar refractivity (Wildman–Crippen MR) is 105 cm³/mol. The van der Waals surface area contributed by atoms with Gasteiger partial charge in [0.2, 0.25) is 0 Å². The number of nitrogens with zero attached hydrogens (tertiary/aromatic N) is 1. The number of halogens is 1. The van der Waals surface area contributed by atoms with Gasteiger partial charge in [-0.3, -0.25) is 10.1 Å². The Morgan fingerprint density at radius 3 is 2.43 bits per heavy atom. The minimum Gasteiger partial charge on any atom is -0.497 e. The van der Waals surface area contributed by atoms with Gasteiger partial charge in [0.15, 0.2) is 6.10 Å². The van der Waals surface area contributed by atoms with Crippen LogP contribution in [0.1, 0.15) is 6.92 Å². The summed E-state index contributed by atoms with van der Waals surface area (Å²) < 4.78 is 15.5. The molecule has 9 heteroatoms. The van der Waals surface area contributed by atoms with Crippen molar-refractivity contribution in [3.05, 3.63) is 69.4 Å². The van der Waals surface area contributed by atoms with Crippen LogP contribution >= 0.6 is 11.6 Å². The summed E-state index contributed by atoms with van der Waals surface area (Å²) in [6.45, 7) is 1.72. The molecule has 0 saturated heterocycles. The number of hydrogen-bond donors (Lipinski definition) is 1. The van der Waals surface area contributed by atoms with Crippen molar-refractivity contribution in [2.24, 2.45) is 0 Å². The third-order valence-electron chi connectivity index (χ3n) is 3.70. The number of nitrogens with one attached hydrogen (secondary N) is 1. The van der Waals surface area contributed by atoms with Crippen LogP contribution in [0.3, 0.4) is 0 Å². The largest absolute Gasteiger partial charge is 0.497 e. The van der Waals surface area contributed by atoms with Gasteiger partial charge in [-0.2, -0.15) is 0 Å². The Labute approximate surface area is 166 Å². The van der Waals surface area contributed by atoms with Crippen molar-refractivity contribution in [3.63, 3.8) is 0 Å². The average Bonchev–Trinajstić information content (AvgIpc) is 2.68. The molecule has 28 heavy (non-hydrogen) atoms. The number of carbonyl (C=O) groups excluding carboxylic acids is 1. The van der Waals surface area contributed by atoms with Crippen molar-refractivity contribution >= 4 is 34.6 Å². The molecule has 8 nitrogen and oxygen atoms in total. The first-order valence-electron chi connectivity index (χ1n) is 8.15. The number of carbonyl (C=O) groups is 1. The normalized spacial score (nSPS) is 12.1. The highest BCUT2D eigenvalue weighted by molar-refractivity contribution is 6.30. The fourth-order valence-electron chi connectivity index (χ4n) is 2.31. The maximum Gasteiger partial charge on any atom is 0.334 e. The van der Waals surface area contributed by atoms with Gasteiger partial charge in [0.05, 0.1) is 25.2 Å². The zero-order chi connectivity index (χ0) is 20.7. The minimum atomic E-state index is -0.545. The van der Waals surface area contributed by atoms with E-state index in [4.69, 9.17) is 21.1 Å². The molecule has 2 rings (SSSR count).